The standard InChI is InChI=1S/C24H26N2O2/c1-18(2)19-10-3-6-13-22(19)27-16-8-7-15-26-21-12-5-4-11-20(21)25-24(26)23-14-9-17-28-23/h3-6,9-14,17-18H,7-8,15-16H2,1-2H3. The molecule has 0 fully saturated rings. The molecule has 0 saturated carbocycles. The second-order valence-corrected chi connectivity index (χ2v) is 7.30. The predicted octanol–water partition coefficient (Wildman–Crippen LogP) is 6.28. The van der Waals surface area contributed by atoms with Crippen molar-refractivity contribution >= 4 is 11.0 Å². The fourth-order valence-corrected chi connectivity index (χ4v) is 3.54. The Labute approximate surface area is 165 Å². The van der Waals surface area contributed by atoms with E-state index in [1.54, 1.807) is 6.26 Å². The number of imidazole rings is 1. The number of para-hydroxylation sites is 3. The molecule has 0 N–H and O–H groups in total. The highest BCUT2D eigenvalue weighted by Gasteiger charge is 2.14. The summed E-state index contributed by atoms with van der Waals surface area (Å²) in [5, 5.41) is 0. The number of furan rings is 1. The number of aromatic nitrogens is 2. The highest BCUT2D eigenvalue weighted by atomic mass is 16.5. The largest absolute Gasteiger partial charge is 0.493 e. The monoisotopic (exact) mass is 374 g/mol. The highest BCUT2D eigenvalue weighted by molar-refractivity contribution is 5.79. The fourth-order valence-electron chi connectivity index (χ4n) is 3.54. The molecule has 0 radical (unpaired) electrons. The molecule has 4 heteroatoms. The Balaban J connectivity index is 1.42. The molecule has 0 atom stereocenters. The van der Waals surface area contributed by atoms with Crippen LogP contribution in [0.1, 0.15) is 38.2 Å². The van der Waals surface area contributed by atoms with E-state index < -0.39 is 0 Å². The van der Waals surface area contributed by atoms with E-state index in [0.29, 0.717) is 12.5 Å². The van der Waals surface area contributed by atoms with Gasteiger partial charge in [0.2, 0.25) is 0 Å². The first-order valence-electron chi connectivity index (χ1n) is 9.95. The van der Waals surface area contributed by atoms with Crippen molar-refractivity contribution in [3.8, 4) is 17.3 Å². The molecule has 0 spiro atoms. The molecule has 2 aromatic heterocycles. The van der Waals surface area contributed by atoms with Crippen LogP contribution in [0.2, 0.25) is 0 Å². The van der Waals surface area contributed by atoms with E-state index in [1.807, 2.05) is 30.3 Å². The van der Waals surface area contributed by atoms with Gasteiger partial charge in [-0.3, -0.25) is 0 Å². The normalized spacial score (nSPS) is 11.4. The number of unbranched alkanes of at least 4 members (excludes halogenated alkanes) is 1. The zero-order chi connectivity index (χ0) is 19.3. The van der Waals surface area contributed by atoms with Crippen molar-refractivity contribution in [2.45, 2.75) is 39.2 Å². The number of fused-ring (bicyclic) bond motifs is 1. The number of rotatable bonds is 8. The van der Waals surface area contributed by atoms with Crippen LogP contribution in [0.3, 0.4) is 0 Å². The maximum atomic E-state index is 6.06. The molecule has 0 amide bonds. The third kappa shape index (κ3) is 3.81. The Morgan fingerprint density at radius 2 is 1.79 bits per heavy atom. The van der Waals surface area contributed by atoms with E-state index in [1.165, 1.54) is 5.56 Å². The summed E-state index contributed by atoms with van der Waals surface area (Å²) in [4.78, 5) is 4.77. The molecule has 0 aliphatic carbocycles. The number of nitrogens with zero attached hydrogens (tertiary/aromatic N) is 2. The van der Waals surface area contributed by atoms with Crippen molar-refractivity contribution in [3.63, 3.8) is 0 Å². The van der Waals surface area contributed by atoms with Gasteiger partial charge in [0.15, 0.2) is 11.6 Å². The summed E-state index contributed by atoms with van der Waals surface area (Å²) in [6.45, 7) is 5.99. The van der Waals surface area contributed by atoms with E-state index in [0.717, 1.165) is 47.8 Å². The number of ether oxygens (including phenoxy) is 1. The van der Waals surface area contributed by atoms with Crippen LogP contribution < -0.4 is 4.74 Å². The number of aryl methyl sites for hydroxylation is 1. The van der Waals surface area contributed by atoms with Gasteiger partial charge in [-0.1, -0.05) is 44.2 Å². The van der Waals surface area contributed by atoms with E-state index in [4.69, 9.17) is 14.1 Å². The van der Waals surface area contributed by atoms with Crippen molar-refractivity contribution < 1.29 is 9.15 Å². The zero-order valence-corrected chi connectivity index (χ0v) is 16.5. The lowest BCUT2D eigenvalue weighted by molar-refractivity contribution is 0.299. The summed E-state index contributed by atoms with van der Waals surface area (Å²) < 4.78 is 13.9. The average Bonchev–Trinajstić information content (AvgIpc) is 3.36. The molecule has 4 nitrogen and oxygen atoms in total. The van der Waals surface area contributed by atoms with Crippen LogP contribution in [-0.4, -0.2) is 16.2 Å². The quantitative estimate of drug-likeness (QED) is 0.341. The van der Waals surface area contributed by atoms with Crippen LogP contribution in [0.4, 0.5) is 0 Å². The maximum absolute atomic E-state index is 6.06. The Morgan fingerprint density at radius 1 is 0.964 bits per heavy atom. The molecule has 0 saturated heterocycles. The molecular formula is C24H26N2O2. The molecule has 0 aliphatic rings. The van der Waals surface area contributed by atoms with Crippen molar-refractivity contribution in [2.24, 2.45) is 0 Å². The van der Waals surface area contributed by atoms with Crippen molar-refractivity contribution in [2.75, 3.05) is 6.61 Å². The summed E-state index contributed by atoms with van der Waals surface area (Å²) in [5.41, 5.74) is 3.40. The predicted molar refractivity (Wildman–Crippen MR) is 113 cm³/mol. The van der Waals surface area contributed by atoms with Crippen LogP contribution in [0.5, 0.6) is 5.75 Å². The van der Waals surface area contributed by atoms with E-state index >= 15 is 0 Å². The van der Waals surface area contributed by atoms with Gasteiger partial charge in [0.05, 0.1) is 23.9 Å². The van der Waals surface area contributed by atoms with Crippen molar-refractivity contribution in [1.82, 2.24) is 9.55 Å². The molecule has 2 aromatic carbocycles. The van der Waals surface area contributed by atoms with Crippen LogP contribution in [0, 0.1) is 0 Å². The Kier molecular flexibility index (Phi) is 5.47. The summed E-state index contributed by atoms with van der Waals surface area (Å²) in [6.07, 6.45) is 3.69. The van der Waals surface area contributed by atoms with E-state index in [2.05, 4.69) is 48.7 Å². The highest BCUT2D eigenvalue weighted by Crippen LogP contribution is 2.27. The van der Waals surface area contributed by atoms with Crippen LogP contribution >= 0.6 is 0 Å². The van der Waals surface area contributed by atoms with Gasteiger partial charge in [-0.05, 0) is 54.7 Å². The molecule has 0 bridgehead atoms. The van der Waals surface area contributed by atoms with Crippen molar-refractivity contribution in [3.05, 3.63) is 72.5 Å². The number of hydrogen-bond donors (Lipinski definition) is 0. The molecule has 0 unspecified atom stereocenters. The topological polar surface area (TPSA) is 40.2 Å². The van der Waals surface area contributed by atoms with Gasteiger partial charge in [-0.2, -0.15) is 0 Å². The second kappa shape index (κ2) is 8.34. The van der Waals surface area contributed by atoms with Gasteiger partial charge < -0.3 is 13.7 Å². The van der Waals surface area contributed by atoms with Gasteiger partial charge in [0.1, 0.15) is 5.75 Å². The molecule has 0 aliphatic heterocycles. The Hall–Kier alpha value is -3.01. The van der Waals surface area contributed by atoms with Gasteiger partial charge in [0, 0.05) is 6.54 Å². The minimum atomic E-state index is 0.462. The lowest BCUT2D eigenvalue weighted by atomic mass is 10.0. The first-order chi connectivity index (χ1) is 13.7. The lowest BCUT2D eigenvalue weighted by Crippen LogP contribution is -2.05. The first kappa shape index (κ1) is 18.4. The summed E-state index contributed by atoms with van der Waals surface area (Å²) in [7, 11) is 0. The Bertz CT molecular complexity index is 1030. The average molecular weight is 374 g/mol. The van der Waals surface area contributed by atoms with Crippen molar-refractivity contribution in [1.29, 1.82) is 0 Å². The molecule has 144 valence electrons. The molecule has 28 heavy (non-hydrogen) atoms. The zero-order valence-electron chi connectivity index (χ0n) is 16.5. The molecular weight excluding hydrogens is 348 g/mol. The van der Waals surface area contributed by atoms with Gasteiger partial charge in [0.25, 0.3) is 0 Å². The minimum Gasteiger partial charge on any atom is -0.493 e. The fraction of sp³-hybridized carbons (Fsp3) is 0.292. The van der Waals surface area contributed by atoms with Gasteiger partial charge >= 0.3 is 0 Å². The second-order valence-electron chi connectivity index (χ2n) is 7.30. The summed E-state index contributed by atoms with van der Waals surface area (Å²) in [5.74, 6) is 3.15. The molecule has 2 heterocycles. The van der Waals surface area contributed by atoms with Crippen LogP contribution in [0.25, 0.3) is 22.6 Å². The van der Waals surface area contributed by atoms with Gasteiger partial charge in [-0.25, -0.2) is 4.98 Å². The van der Waals surface area contributed by atoms with Crippen LogP contribution in [0.15, 0.2) is 71.3 Å². The number of hydrogen-bond acceptors (Lipinski definition) is 3. The smallest absolute Gasteiger partial charge is 0.177 e. The lowest BCUT2D eigenvalue weighted by Gasteiger charge is -2.14. The maximum Gasteiger partial charge on any atom is 0.177 e. The summed E-state index contributed by atoms with van der Waals surface area (Å²) in [6, 6.07) is 20.4. The Morgan fingerprint density at radius 3 is 2.61 bits per heavy atom. The summed E-state index contributed by atoms with van der Waals surface area (Å²) >= 11 is 0. The number of benzene rings is 2. The van der Waals surface area contributed by atoms with Crippen LogP contribution in [-0.2, 0) is 6.54 Å². The first-order valence-corrected chi connectivity index (χ1v) is 9.95. The van der Waals surface area contributed by atoms with E-state index in [-0.39, 0.29) is 0 Å². The third-order valence-electron chi connectivity index (χ3n) is 4.97. The van der Waals surface area contributed by atoms with Gasteiger partial charge in [-0.15, -0.1) is 0 Å². The third-order valence-corrected chi connectivity index (χ3v) is 4.97. The molecule has 4 aromatic rings. The van der Waals surface area contributed by atoms with E-state index in [9.17, 15) is 0 Å². The SMILES string of the molecule is CC(C)c1ccccc1OCCCCn1c(-c2ccco2)nc2ccccc21. The minimum absolute atomic E-state index is 0.462. The molecule has 4 rings (SSSR count).